The first-order valence-electron chi connectivity index (χ1n) is 6.93. The molecule has 5 nitrogen and oxygen atoms in total. The van der Waals surface area contributed by atoms with Crippen LogP contribution in [0.2, 0.25) is 0 Å². The molecule has 1 fully saturated rings. The lowest BCUT2D eigenvalue weighted by Gasteiger charge is -2.34. The maximum atomic E-state index is 5.58. The van der Waals surface area contributed by atoms with Crippen molar-refractivity contribution in [3.05, 3.63) is 18.0 Å². The van der Waals surface area contributed by atoms with Crippen LogP contribution in [0.15, 0.2) is 12.1 Å². The topological polar surface area (TPSA) is 62.8 Å². The molecule has 2 N–H and O–H groups in total. The van der Waals surface area contributed by atoms with Gasteiger partial charge in [-0.2, -0.15) is 0 Å². The van der Waals surface area contributed by atoms with Gasteiger partial charge < -0.3 is 15.0 Å². The van der Waals surface area contributed by atoms with Crippen molar-refractivity contribution in [1.29, 1.82) is 0 Å². The molecular formula is C14H20N4O. The standard InChI is InChI=1S/C14H20N4O/c1-3-19-10-6-9(7-10)8-13-16-11-4-5-12(15-2)17-14(11)18-13/h4-5,9-10H,3,6-8H2,1-2H3,(H2,15,16,17,18). The van der Waals surface area contributed by atoms with E-state index in [1.54, 1.807) is 0 Å². The van der Waals surface area contributed by atoms with Crippen molar-refractivity contribution >= 4 is 17.0 Å². The Balaban J connectivity index is 1.66. The molecule has 19 heavy (non-hydrogen) atoms. The Morgan fingerprint density at radius 3 is 2.95 bits per heavy atom. The monoisotopic (exact) mass is 260 g/mol. The van der Waals surface area contributed by atoms with Crippen molar-refractivity contribution in [3.63, 3.8) is 0 Å². The molecule has 0 saturated heterocycles. The molecule has 0 unspecified atom stereocenters. The van der Waals surface area contributed by atoms with Crippen LogP contribution in [0, 0.1) is 5.92 Å². The van der Waals surface area contributed by atoms with Crippen LogP contribution in [-0.2, 0) is 11.2 Å². The van der Waals surface area contributed by atoms with Gasteiger partial charge in [0.05, 0.1) is 11.6 Å². The molecule has 0 aliphatic heterocycles. The van der Waals surface area contributed by atoms with E-state index in [1.165, 1.54) is 0 Å². The highest BCUT2D eigenvalue weighted by molar-refractivity contribution is 5.72. The van der Waals surface area contributed by atoms with Crippen LogP contribution in [0.4, 0.5) is 5.82 Å². The Morgan fingerprint density at radius 1 is 1.37 bits per heavy atom. The first kappa shape index (κ1) is 12.4. The summed E-state index contributed by atoms with van der Waals surface area (Å²) in [6.07, 6.45) is 3.77. The number of H-pyrrole nitrogens is 1. The minimum absolute atomic E-state index is 0.466. The summed E-state index contributed by atoms with van der Waals surface area (Å²) in [5.74, 6) is 2.59. The molecule has 0 aromatic carbocycles. The van der Waals surface area contributed by atoms with Crippen LogP contribution in [0.3, 0.4) is 0 Å². The van der Waals surface area contributed by atoms with Crippen LogP contribution in [-0.4, -0.2) is 34.7 Å². The SMILES string of the molecule is CCOC1CC(Cc2nc3nc(NC)ccc3[nH]2)C1. The zero-order valence-electron chi connectivity index (χ0n) is 11.4. The largest absolute Gasteiger partial charge is 0.378 e. The summed E-state index contributed by atoms with van der Waals surface area (Å²) in [7, 11) is 1.87. The van der Waals surface area contributed by atoms with E-state index < -0.39 is 0 Å². The third kappa shape index (κ3) is 2.56. The van der Waals surface area contributed by atoms with Gasteiger partial charge in [-0.3, -0.25) is 0 Å². The predicted molar refractivity (Wildman–Crippen MR) is 75.3 cm³/mol. The second-order valence-corrected chi connectivity index (χ2v) is 5.12. The molecule has 0 radical (unpaired) electrons. The molecule has 1 saturated carbocycles. The van der Waals surface area contributed by atoms with Gasteiger partial charge in [-0.15, -0.1) is 0 Å². The highest BCUT2D eigenvalue weighted by Crippen LogP contribution is 2.32. The Bertz CT molecular complexity index is 560. The van der Waals surface area contributed by atoms with E-state index in [1.807, 2.05) is 19.2 Å². The number of aromatic nitrogens is 3. The Morgan fingerprint density at radius 2 is 2.21 bits per heavy atom. The lowest BCUT2D eigenvalue weighted by molar-refractivity contribution is -0.0244. The van der Waals surface area contributed by atoms with Crippen molar-refractivity contribution in [2.75, 3.05) is 19.0 Å². The molecule has 1 aliphatic rings. The summed E-state index contributed by atoms with van der Waals surface area (Å²) in [5.41, 5.74) is 1.80. The number of fused-ring (bicyclic) bond motifs is 1. The number of nitrogens with zero attached hydrogens (tertiary/aromatic N) is 2. The van der Waals surface area contributed by atoms with E-state index in [9.17, 15) is 0 Å². The Hall–Kier alpha value is -1.62. The average Bonchev–Trinajstić information content (AvgIpc) is 2.77. The van der Waals surface area contributed by atoms with E-state index >= 15 is 0 Å². The predicted octanol–water partition coefficient (Wildman–Crippen LogP) is 2.36. The van der Waals surface area contributed by atoms with Crippen LogP contribution in [0.5, 0.6) is 0 Å². The van der Waals surface area contributed by atoms with Gasteiger partial charge in [0.1, 0.15) is 11.6 Å². The van der Waals surface area contributed by atoms with Crippen molar-refractivity contribution in [1.82, 2.24) is 15.0 Å². The maximum absolute atomic E-state index is 5.58. The molecule has 102 valence electrons. The molecule has 5 heteroatoms. The zero-order chi connectivity index (χ0) is 13.2. The Labute approximate surface area is 112 Å². The van der Waals surface area contributed by atoms with Gasteiger partial charge in [-0.05, 0) is 37.8 Å². The number of rotatable bonds is 5. The van der Waals surface area contributed by atoms with Crippen molar-refractivity contribution in [3.8, 4) is 0 Å². The summed E-state index contributed by atoms with van der Waals surface area (Å²) in [6.45, 7) is 2.87. The van der Waals surface area contributed by atoms with Gasteiger partial charge in [0.15, 0.2) is 5.65 Å². The second-order valence-electron chi connectivity index (χ2n) is 5.12. The first-order valence-corrected chi connectivity index (χ1v) is 6.93. The lowest BCUT2D eigenvalue weighted by Crippen LogP contribution is -2.32. The van der Waals surface area contributed by atoms with Gasteiger partial charge in [-0.1, -0.05) is 0 Å². The normalized spacial score (nSPS) is 22.4. The zero-order valence-corrected chi connectivity index (χ0v) is 11.4. The minimum atomic E-state index is 0.466. The number of aromatic amines is 1. The van der Waals surface area contributed by atoms with E-state index in [-0.39, 0.29) is 0 Å². The fourth-order valence-electron chi connectivity index (χ4n) is 2.66. The quantitative estimate of drug-likeness (QED) is 0.866. The molecule has 3 rings (SSSR count). The van der Waals surface area contributed by atoms with Crippen molar-refractivity contribution < 1.29 is 4.74 Å². The summed E-state index contributed by atoms with van der Waals surface area (Å²) < 4.78 is 5.58. The molecule has 0 bridgehead atoms. The molecule has 0 amide bonds. The number of anilines is 1. The Kier molecular flexibility index (Phi) is 3.38. The number of ether oxygens (including phenoxy) is 1. The number of imidazole rings is 1. The van der Waals surface area contributed by atoms with Crippen molar-refractivity contribution in [2.24, 2.45) is 5.92 Å². The van der Waals surface area contributed by atoms with Gasteiger partial charge in [0.2, 0.25) is 0 Å². The molecule has 2 aromatic rings. The summed E-state index contributed by atoms with van der Waals surface area (Å²) >= 11 is 0. The number of nitrogens with one attached hydrogen (secondary N) is 2. The molecule has 2 aromatic heterocycles. The third-order valence-electron chi connectivity index (χ3n) is 3.73. The van der Waals surface area contributed by atoms with Gasteiger partial charge in [0.25, 0.3) is 0 Å². The minimum Gasteiger partial charge on any atom is -0.378 e. The fraction of sp³-hybridized carbons (Fsp3) is 0.571. The molecule has 1 aliphatic carbocycles. The summed E-state index contributed by atoms with van der Waals surface area (Å²) in [6, 6.07) is 3.98. The molecule has 0 spiro atoms. The van der Waals surface area contributed by atoms with Crippen LogP contribution in [0.1, 0.15) is 25.6 Å². The number of pyridine rings is 1. The number of hydrogen-bond acceptors (Lipinski definition) is 4. The molecule has 2 heterocycles. The summed E-state index contributed by atoms with van der Waals surface area (Å²) in [5, 5.41) is 3.03. The maximum Gasteiger partial charge on any atom is 0.179 e. The smallest absolute Gasteiger partial charge is 0.179 e. The highest BCUT2D eigenvalue weighted by Gasteiger charge is 2.30. The first-order chi connectivity index (χ1) is 9.28. The lowest BCUT2D eigenvalue weighted by atomic mass is 9.80. The van der Waals surface area contributed by atoms with E-state index in [0.29, 0.717) is 12.0 Å². The fourth-order valence-corrected chi connectivity index (χ4v) is 2.66. The van der Waals surface area contributed by atoms with Gasteiger partial charge in [0, 0.05) is 20.1 Å². The van der Waals surface area contributed by atoms with Gasteiger partial charge in [-0.25, -0.2) is 9.97 Å². The van der Waals surface area contributed by atoms with Crippen LogP contribution in [0.25, 0.3) is 11.2 Å². The summed E-state index contributed by atoms with van der Waals surface area (Å²) in [4.78, 5) is 12.3. The van der Waals surface area contributed by atoms with Crippen molar-refractivity contribution in [2.45, 2.75) is 32.3 Å². The molecule has 0 atom stereocenters. The van der Waals surface area contributed by atoms with Gasteiger partial charge >= 0.3 is 0 Å². The van der Waals surface area contributed by atoms with E-state index in [2.05, 4.69) is 27.2 Å². The van der Waals surface area contributed by atoms with E-state index in [4.69, 9.17) is 4.74 Å². The van der Waals surface area contributed by atoms with Crippen LogP contribution >= 0.6 is 0 Å². The second kappa shape index (κ2) is 5.17. The highest BCUT2D eigenvalue weighted by atomic mass is 16.5. The average molecular weight is 260 g/mol. The molecular weight excluding hydrogens is 240 g/mol. The van der Waals surface area contributed by atoms with Crippen LogP contribution < -0.4 is 5.32 Å². The number of hydrogen-bond donors (Lipinski definition) is 2. The third-order valence-corrected chi connectivity index (χ3v) is 3.73. The van der Waals surface area contributed by atoms with E-state index in [0.717, 1.165) is 48.7 Å².